The van der Waals surface area contributed by atoms with Crippen molar-refractivity contribution in [2.24, 2.45) is 0 Å². The van der Waals surface area contributed by atoms with Gasteiger partial charge in [-0.1, -0.05) is 37.9 Å². The van der Waals surface area contributed by atoms with E-state index in [1.54, 1.807) is 0 Å². The van der Waals surface area contributed by atoms with Gasteiger partial charge in [-0.2, -0.15) is 0 Å². The van der Waals surface area contributed by atoms with E-state index in [-0.39, 0.29) is 0 Å². The Morgan fingerprint density at radius 2 is 1.83 bits per heavy atom. The summed E-state index contributed by atoms with van der Waals surface area (Å²) in [7, 11) is 0. The fraction of sp³-hybridized carbons (Fsp3) is 0.222. The van der Waals surface area contributed by atoms with Crippen molar-refractivity contribution in [3.8, 4) is 0 Å². The summed E-state index contributed by atoms with van der Waals surface area (Å²) in [4.78, 5) is 3.32. The molecule has 0 heterocycles. The highest BCUT2D eigenvalue weighted by Crippen LogP contribution is 2.25. The first kappa shape index (κ1) is 9.76. The van der Waals surface area contributed by atoms with Gasteiger partial charge in [0.15, 0.2) is 0 Å². The molecule has 0 aliphatic rings. The van der Waals surface area contributed by atoms with Crippen LogP contribution in [0.2, 0.25) is 0 Å². The predicted octanol–water partition coefficient (Wildman–Crippen LogP) is 3.67. The molecule has 0 aliphatic carbocycles. The van der Waals surface area contributed by atoms with E-state index in [2.05, 4.69) is 36.7 Å². The first-order valence-electron chi connectivity index (χ1n) is 3.52. The second kappa shape index (κ2) is 4.64. The molecule has 0 atom stereocenters. The van der Waals surface area contributed by atoms with E-state index >= 15 is 0 Å². The summed E-state index contributed by atoms with van der Waals surface area (Å²) < 4.78 is 2.14. The summed E-state index contributed by atoms with van der Waals surface area (Å²) in [5.41, 5.74) is 1.17. The second-order valence-electron chi connectivity index (χ2n) is 2.33. The van der Waals surface area contributed by atoms with Gasteiger partial charge in [-0.05, 0) is 17.7 Å². The molecule has 0 aliphatic heterocycles. The largest absolute Gasteiger partial charge is 0.317 e. The Morgan fingerprint density at radius 3 is 2.33 bits per heavy atom. The Morgan fingerprint density at radius 1 is 1.25 bits per heavy atom. The van der Waals surface area contributed by atoms with Crippen LogP contribution >= 0.6 is 31.9 Å². The summed E-state index contributed by atoms with van der Waals surface area (Å²) in [6.45, 7) is 7.23. The molecule has 1 nitrogen and oxygen atoms in total. The third-order valence-corrected chi connectivity index (χ3v) is 3.02. The molecule has 0 spiro atoms. The van der Waals surface area contributed by atoms with E-state index < -0.39 is 0 Å². The standard InChI is InChI=1S/C9H7Br2N/c1-12-6-5-7-8(10)3-2-4-9(7)11/h2-4H,5-6H2. The summed E-state index contributed by atoms with van der Waals surface area (Å²) >= 11 is 6.89. The van der Waals surface area contributed by atoms with Crippen LogP contribution in [0.1, 0.15) is 5.56 Å². The maximum Gasteiger partial charge on any atom is 0.218 e. The van der Waals surface area contributed by atoms with Gasteiger partial charge in [0.2, 0.25) is 6.54 Å². The summed E-state index contributed by atoms with van der Waals surface area (Å²) in [5, 5.41) is 0. The molecule has 0 radical (unpaired) electrons. The van der Waals surface area contributed by atoms with Crippen molar-refractivity contribution in [3.05, 3.63) is 44.1 Å². The van der Waals surface area contributed by atoms with Crippen LogP contribution in [0.3, 0.4) is 0 Å². The van der Waals surface area contributed by atoms with E-state index in [1.807, 2.05) is 18.2 Å². The van der Waals surface area contributed by atoms with Crippen LogP contribution in [-0.2, 0) is 6.42 Å². The zero-order chi connectivity index (χ0) is 8.97. The zero-order valence-electron chi connectivity index (χ0n) is 6.35. The van der Waals surface area contributed by atoms with Gasteiger partial charge in [0.05, 0.1) is 0 Å². The van der Waals surface area contributed by atoms with Crippen molar-refractivity contribution in [2.45, 2.75) is 6.42 Å². The molecule has 12 heavy (non-hydrogen) atoms. The molecule has 0 bridgehead atoms. The third-order valence-electron chi connectivity index (χ3n) is 1.54. The van der Waals surface area contributed by atoms with Crippen LogP contribution in [0.25, 0.3) is 4.85 Å². The molecule has 0 saturated carbocycles. The average molecular weight is 289 g/mol. The molecule has 62 valence electrons. The van der Waals surface area contributed by atoms with Gasteiger partial charge in [0, 0.05) is 15.4 Å². The minimum Gasteiger partial charge on any atom is -0.317 e. The predicted molar refractivity (Wildman–Crippen MR) is 57.0 cm³/mol. The fourth-order valence-corrected chi connectivity index (χ4v) is 2.33. The van der Waals surface area contributed by atoms with Gasteiger partial charge >= 0.3 is 0 Å². The van der Waals surface area contributed by atoms with Gasteiger partial charge in [-0.25, -0.2) is 6.57 Å². The van der Waals surface area contributed by atoms with Crippen LogP contribution in [-0.4, -0.2) is 6.54 Å². The lowest BCUT2D eigenvalue weighted by Gasteiger charge is -2.02. The van der Waals surface area contributed by atoms with E-state index in [0.717, 1.165) is 15.4 Å². The summed E-state index contributed by atoms with van der Waals surface area (Å²) in [6, 6.07) is 5.95. The molecule has 1 aromatic rings. The Kier molecular flexibility index (Phi) is 3.77. The van der Waals surface area contributed by atoms with Crippen molar-refractivity contribution in [3.63, 3.8) is 0 Å². The van der Waals surface area contributed by atoms with E-state index in [4.69, 9.17) is 6.57 Å². The Balaban J connectivity index is 2.90. The van der Waals surface area contributed by atoms with Gasteiger partial charge < -0.3 is 4.85 Å². The van der Waals surface area contributed by atoms with Crippen LogP contribution in [0.5, 0.6) is 0 Å². The monoisotopic (exact) mass is 287 g/mol. The van der Waals surface area contributed by atoms with Gasteiger partial charge in [-0.3, -0.25) is 0 Å². The minimum atomic E-state index is 0.543. The minimum absolute atomic E-state index is 0.543. The molecule has 1 rings (SSSR count). The molecule has 0 fully saturated rings. The fourth-order valence-electron chi connectivity index (χ4n) is 0.939. The molecule has 1 aromatic carbocycles. The van der Waals surface area contributed by atoms with E-state index in [0.29, 0.717) is 6.54 Å². The van der Waals surface area contributed by atoms with Crippen LogP contribution in [0.15, 0.2) is 27.1 Å². The topological polar surface area (TPSA) is 4.36 Å². The molecule has 0 aromatic heterocycles. The Labute approximate surface area is 88.9 Å². The number of rotatable bonds is 2. The summed E-state index contributed by atoms with van der Waals surface area (Å²) in [6.07, 6.45) is 0.797. The normalized spacial score (nSPS) is 9.42. The van der Waals surface area contributed by atoms with Crippen LogP contribution < -0.4 is 0 Å². The lowest BCUT2D eigenvalue weighted by atomic mass is 10.1. The lowest BCUT2D eigenvalue weighted by molar-refractivity contribution is 1.06. The van der Waals surface area contributed by atoms with Crippen molar-refractivity contribution in [1.29, 1.82) is 0 Å². The maximum absolute atomic E-state index is 6.69. The molecule has 0 amide bonds. The first-order valence-corrected chi connectivity index (χ1v) is 5.10. The number of benzene rings is 1. The highest BCUT2D eigenvalue weighted by molar-refractivity contribution is 9.11. The lowest BCUT2D eigenvalue weighted by Crippen LogP contribution is -1.90. The maximum atomic E-state index is 6.69. The zero-order valence-corrected chi connectivity index (χ0v) is 9.52. The third kappa shape index (κ3) is 2.33. The number of halogens is 2. The van der Waals surface area contributed by atoms with Gasteiger partial charge in [0.25, 0.3) is 0 Å². The van der Waals surface area contributed by atoms with E-state index in [1.165, 1.54) is 5.56 Å². The smallest absolute Gasteiger partial charge is 0.218 e. The van der Waals surface area contributed by atoms with Crippen LogP contribution in [0, 0.1) is 6.57 Å². The molecular weight excluding hydrogens is 282 g/mol. The Bertz CT molecular complexity index is 295. The summed E-state index contributed by atoms with van der Waals surface area (Å²) in [5.74, 6) is 0. The number of hydrogen-bond donors (Lipinski definition) is 0. The van der Waals surface area contributed by atoms with Crippen molar-refractivity contribution in [1.82, 2.24) is 0 Å². The van der Waals surface area contributed by atoms with Crippen molar-refractivity contribution >= 4 is 31.9 Å². The quantitative estimate of drug-likeness (QED) is 0.732. The van der Waals surface area contributed by atoms with Crippen LogP contribution in [0.4, 0.5) is 0 Å². The number of nitrogens with zero attached hydrogens (tertiary/aromatic N) is 1. The second-order valence-corrected chi connectivity index (χ2v) is 4.04. The molecule has 0 N–H and O–H groups in total. The van der Waals surface area contributed by atoms with Gasteiger partial charge in [0.1, 0.15) is 0 Å². The number of hydrogen-bond acceptors (Lipinski definition) is 0. The highest BCUT2D eigenvalue weighted by Gasteiger charge is 2.04. The SMILES string of the molecule is [C-]#[N+]CCc1c(Br)cccc1Br. The van der Waals surface area contributed by atoms with Crippen molar-refractivity contribution < 1.29 is 0 Å². The molecule has 0 unspecified atom stereocenters. The van der Waals surface area contributed by atoms with Gasteiger partial charge in [-0.15, -0.1) is 0 Å². The van der Waals surface area contributed by atoms with Crippen molar-refractivity contribution in [2.75, 3.05) is 6.54 Å². The highest BCUT2D eigenvalue weighted by atomic mass is 79.9. The molecule has 3 heteroatoms. The Hall–Kier alpha value is -0.330. The molecule has 0 saturated heterocycles. The molecular formula is C9H7Br2N. The average Bonchev–Trinajstić information content (AvgIpc) is 2.04. The van der Waals surface area contributed by atoms with E-state index in [9.17, 15) is 0 Å². The first-order chi connectivity index (χ1) is 5.75.